The maximum absolute atomic E-state index is 11.8. The largest absolute Gasteiger partial charge is 0.296 e. The molecule has 1 aromatic heterocycles. The number of anilines is 1. The second-order valence-electron chi connectivity index (χ2n) is 3.76. The van der Waals surface area contributed by atoms with Crippen molar-refractivity contribution in [2.24, 2.45) is 0 Å². The van der Waals surface area contributed by atoms with Crippen molar-refractivity contribution in [2.75, 3.05) is 11.4 Å². The molecule has 1 atom stereocenters. The van der Waals surface area contributed by atoms with E-state index < -0.39 is 0 Å². The van der Waals surface area contributed by atoms with Crippen LogP contribution in [-0.4, -0.2) is 27.8 Å². The van der Waals surface area contributed by atoms with Crippen LogP contribution in [0.2, 0.25) is 0 Å². The number of hydrogen-bond donors (Lipinski definition) is 0. The molecule has 0 aliphatic carbocycles. The Balaban J connectivity index is 2.13. The number of rotatable bonds is 2. The first kappa shape index (κ1) is 12.6. The third-order valence-electron chi connectivity index (χ3n) is 2.40. The minimum atomic E-state index is 0.0225. The van der Waals surface area contributed by atoms with Gasteiger partial charge in [0.05, 0.1) is 0 Å². The molecule has 17 heavy (non-hydrogen) atoms. The number of carbonyl (C=O) groups excluding carboxylic acids is 2. The van der Waals surface area contributed by atoms with E-state index in [0.717, 1.165) is 0 Å². The molecule has 90 valence electrons. The van der Waals surface area contributed by atoms with Gasteiger partial charge in [0.2, 0.25) is 5.91 Å². The quantitative estimate of drug-likeness (QED) is 0.785. The van der Waals surface area contributed by atoms with E-state index in [1.54, 1.807) is 11.0 Å². The van der Waals surface area contributed by atoms with Crippen molar-refractivity contribution in [1.29, 1.82) is 0 Å². The van der Waals surface area contributed by atoms with Crippen LogP contribution in [-0.2, 0) is 9.59 Å². The number of aromatic nitrogens is 1. The highest BCUT2D eigenvalue weighted by molar-refractivity contribution is 9.10. The number of amides is 1. The summed E-state index contributed by atoms with van der Waals surface area (Å²) in [5.41, 5.74) is 0. The van der Waals surface area contributed by atoms with Crippen molar-refractivity contribution in [1.82, 2.24) is 4.98 Å². The Morgan fingerprint density at radius 1 is 1.59 bits per heavy atom. The summed E-state index contributed by atoms with van der Waals surface area (Å²) in [6.45, 7) is 2.07. The number of pyridine rings is 1. The summed E-state index contributed by atoms with van der Waals surface area (Å²) in [4.78, 5) is 28.7. The molecule has 0 bridgehead atoms. The van der Waals surface area contributed by atoms with E-state index in [-0.39, 0.29) is 16.3 Å². The molecule has 1 amide bonds. The normalized spacial score (nSPS) is 19.8. The van der Waals surface area contributed by atoms with E-state index >= 15 is 0 Å². The van der Waals surface area contributed by atoms with Gasteiger partial charge >= 0.3 is 0 Å². The second-order valence-corrected chi connectivity index (χ2v) is 6.05. The van der Waals surface area contributed by atoms with Crippen LogP contribution in [0.5, 0.6) is 0 Å². The Morgan fingerprint density at radius 3 is 3.00 bits per heavy atom. The number of halogens is 1. The predicted molar refractivity (Wildman–Crippen MR) is 71.0 cm³/mol. The maximum Gasteiger partial charge on any atom is 0.229 e. The maximum atomic E-state index is 11.8. The van der Waals surface area contributed by atoms with Crippen LogP contribution in [0.1, 0.15) is 13.3 Å². The number of nitrogens with zero attached hydrogens (tertiary/aromatic N) is 2. The van der Waals surface area contributed by atoms with Crippen molar-refractivity contribution >= 4 is 44.5 Å². The smallest absolute Gasteiger partial charge is 0.229 e. The summed E-state index contributed by atoms with van der Waals surface area (Å²) in [6.07, 6.45) is 0.401. The van der Waals surface area contributed by atoms with E-state index in [1.165, 1.54) is 18.7 Å². The summed E-state index contributed by atoms with van der Waals surface area (Å²) in [7, 11) is 0. The molecule has 1 unspecified atom stereocenters. The van der Waals surface area contributed by atoms with Gasteiger partial charge in [-0.25, -0.2) is 4.98 Å². The number of carbonyl (C=O) groups is 2. The fourth-order valence-electron chi connectivity index (χ4n) is 1.76. The van der Waals surface area contributed by atoms with Gasteiger partial charge in [-0.2, -0.15) is 0 Å². The highest BCUT2D eigenvalue weighted by Gasteiger charge is 2.32. The van der Waals surface area contributed by atoms with Crippen LogP contribution in [0, 0.1) is 0 Å². The molecule has 2 heterocycles. The van der Waals surface area contributed by atoms with Crippen molar-refractivity contribution in [2.45, 2.75) is 18.6 Å². The van der Waals surface area contributed by atoms with E-state index in [0.29, 0.717) is 23.4 Å². The SMILES string of the molecule is CC(=O)SC1CC(=O)N(c2cccc(Br)n2)C1. The highest BCUT2D eigenvalue weighted by atomic mass is 79.9. The summed E-state index contributed by atoms with van der Waals surface area (Å²) in [5.74, 6) is 0.658. The van der Waals surface area contributed by atoms with Gasteiger partial charge in [0.15, 0.2) is 5.12 Å². The van der Waals surface area contributed by atoms with Crippen molar-refractivity contribution < 1.29 is 9.59 Å². The van der Waals surface area contributed by atoms with E-state index in [4.69, 9.17) is 0 Å². The Morgan fingerprint density at radius 2 is 2.35 bits per heavy atom. The molecule has 0 N–H and O–H groups in total. The van der Waals surface area contributed by atoms with Gasteiger partial charge in [0.1, 0.15) is 10.4 Å². The monoisotopic (exact) mass is 314 g/mol. The predicted octanol–water partition coefficient (Wildman–Crippen LogP) is 2.23. The van der Waals surface area contributed by atoms with Crippen LogP contribution in [0.25, 0.3) is 0 Å². The molecule has 6 heteroatoms. The molecular weight excluding hydrogens is 304 g/mol. The van der Waals surface area contributed by atoms with Crippen LogP contribution in [0.15, 0.2) is 22.8 Å². The van der Waals surface area contributed by atoms with Gasteiger partial charge in [0, 0.05) is 25.1 Å². The summed E-state index contributed by atoms with van der Waals surface area (Å²) >= 11 is 4.50. The van der Waals surface area contributed by atoms with Crippen molar-refractivity contribution in [3.8, 4) is 0 Å². The van der Waals surface area contributed by atoms with Crippen LogP contribution in [0.4, 0.5) is 5.82 Å². The fraction of sp³-hybridized carbons (Fsp3) is 0.364. The minimum absolute atomic E-state index is 0.0225. The summed E-state index contributed by atoms with van der Waals surface area (Å²) in [5, 5.41) is 0.0904. The summed E-state index contributed by atoms with van der Waals surface area (Å²) in [6, 6.07) is 5.44. The first-order valence-corrected chi connectivity index (χ1v) is 6.83. The molecule has 0 spiro atoms. The van der Waals surface area contributed by atoms with Crippen molar-refractivity contribution in [3.05, 3.63) is 22.8 Å². The number of thioether (sulfide) groups is 1. The van der Waals surface area contributed by atoms with E-state index in [9.17, 15) is 9.59 Å². The average Bonchev–Trinajstić information content (AvgIpc) is 2.58. The molecular formula is C11H11BrN2O2S. The average molecular weight is 315 g/mol. The Kier molecular flexibility index (Phi) is 3.83. The molecule has 1 aromatic rings. The van der Waals surface area contributed by atoms with E-state index in [2.05, 4.69) is 20.9 Å². The second kappa shape index (κ2) is 5.18. The van der Waals surface area contributed by atoms with Gasteiger partial charge in [-0.3, -0.25) is 14.5 Å². The Labute approximate surface area is 112 Å². The van der Waals surface area contributed by atoms with Crippen LogP contribution >= 0.6 is 27.7 Å². The van der Waals surface area contributed by atoms with Crippen LogP contribution < -0.4 is 4.90 Å². The molecule has 2 rings (SSSR count). The molecule has 0 aromatic carbocycles. The molecule has 1 aliphatic rings. The third kappa shape index (κ3) is 3.07. The molecule has 1 fully saturated rings. The molecule has 0 radical (unpaired) electrons. The molecule has 1 aliphatic heterocycles. The zero-order valence-electron chi connectivity index (χ0n) is 9.22. The molecule has 4 nitrogen and oxygen atoms in total. The Hall–Kier alpha value is -0.880. The zero-order valence-corrected chi connectivity index (χ0v) is 11.6. The van der Waals surface area contributed by atoms with Crippen LogP contribution in [0.3, 0.4) is 0 Å². The fourth-order valence-corrected chi connectivity index (χ4v) is 3.01. The third-order valence-corrected chi connectivity index (χ3v) is 3.82. The van der Waals surface area contributed by atoms with Gasteiger partial charge in [-0.15, -0.1) is 0 Å². The lowest BCUT2D eigenvalue weighted by Gasteiger charge is -2.15. The van der Waals surface area contributed by atoms with Gasteiger partial charge in [-0.1, -0.05) is 17.8 Å². The van der Waals surface area contributed by atoms with Gasteiger partial charge < -0.3 is 0 Å². The van der Waals surface area contributed by atoms with Crippen molar-refractivity contribution in [3.63, 3.8) is 0 Å². The summed E-state index contributed by atoms with van der Waals surface area (Å²) < 4.78 is 0.700. The van der Waals surface area contributed by atoms with Gasteiger partial charge in [0.25, 0.3) is 0 Å². The molecule has 0 saturated carbocycles. The topological polar surface area (TPSA) is 50.3 Å². The lowest BCUT2D eigenvalue weighted by molar-refractivity contribution is -0.117. The Bertz CT molecular complexity index is 467. The first-order chi connectivity index (χ1) is 8.06. The number of hydrogen-bond acceptors (Lipinski definition) is 4. The lowest BCUT2D eigenvalue weighted by Crippen LogP contribution is -2.25. The van der Waals surface area contributed by atoms with E-state index in [1.807, 2.05) is 12.1 Å². The molecule has 1 saturated heterocycles. The first-order valence-electron chi connectivity index (χ1n) is 5.16. The highest BCUT2D eigenvalue weighted by Crippen LogP contribution is 2.28. The lowest BCUT2D eigenvalue weighted by atomic mass is 10.4. The standard InChI is InChI=1S/C11H11BrN2O2S/c1-7(15)17-8-5-11(16)14(6-8)10-4-2-3-9(12)13-10/h2-4,8H,5-6H2,1H3. The zero-order chi connectivity index (χ0) is 12.4. The van der Waals surface area contributed by atoms with Gasteiger partial charge in [-0.05, 0) is 28.1 Å². The minimum Gasteiger partial charge on any atom is -0.296 e.